The van der Waals surface area contributed by atoms with E-state index in [1.54, 1.807) is 49.4 Å². The van der Waals surface area contributed by atoms with Gasteiger partial charge in [-0.3, -0.25) is 9.59 Å². The summed E-state index contributed by atoms with van der Waals surface area (Å²) < 4.78 is 17.5. The van der Waals surface area contributed by atoms with E-state index in [0.29, 0.717) is 47.7 Å². The summed E-state index contributed by atoms with van der Waals surface area (Å²) in [5.41, 5.74) is 0.176. The number of carbonyl (C=O) groups excluding carboxylic acids is 2. The molecule has 0 saturated carbocycles. The molecule has 1 aliphatic heterocycles. The van der Waals surface area contributed by atoms with Gasteiger partial charge in [0, 0.05) is 23.7 Å². The number of amides is 1. The van der Waals surface area contributed by atoms with E-state index in [9.17, 15) is 14.4 Å². The van der Waals surface area contributed by atoms with Gasteiger partial charge in [0.15, 0.2) is 23.3 Å². The Labute approximate surface area is 177 Å². The first-order valence-corrected chi connectivity index (χ1v) is 9.89. The Morgan fingerprint density at radius 1 is 1.13 bits per heavy atom. The molecule has 4 rings (SSSR count). The van der Waals surface area contributed by atoms with Gasteiger partial charge in [-0.25, -0.2) is 9.48 Å². The predicted molar refractivity (Wildman–Crippen MR) is 113 cm³/mol. The van der Waals surface area contributed by atoms with Crippen LogP contribution in [0.25, 0.3) is 10.8 Å². The molecule has 9 nitrogen and oxygen atoms in total. The molecule has 1 aromatic heterocycles. The van der Waals surface area contributed by atoms with Crippen LogP contribution in [0.15, 0.2) is 47.3 Å². The van der Waals surface area contributed by atoms with Gasteiger partial charge in [0.05, 0.1) is 5.39 Å². The zero-order valence-electron chi connectivity index (χ0n) is 17.1. The minimum Gasteiger partial charge on any atom is -0.486 e. The quantitative estimate of drug-likeness (QED) is 0.628. The summed E-state index contributed by atoms with van der Waals surface area (Å²) >= 11 is 0. The fourth-order valence-electron chi connectivity index (χ4n) is 3.24. The molecule has 0 saturated heterocycles. The van der Waals surface area contributed by atoms with E-state index in [4.69, 9.17) is 14.2 Å². The van der Waals surface area contributed by atoms with E-state index in [0.717, 1.165) is 0 Å². The van der Waals surface area contributed by atoms with Gasteiger partial charge in [0.25, 0.3) is 11.5 Å². The van der Waals surface area contributed by atoms with E-state index < -0.39 is 18.0 Å². The fourth-order valence-corrected chi connectivity index (χ4v) is 3.24. The number of aryl methyl sites for hydroxylation is 1. The van der Waals surface area contributed by atoms with Crippen LogP contribution in [-0.2, 0) is 16.1 Å². The standard InChI is InChI=1S/C22H21N3O6/c1-3-25-21(27)16-7-5-4-6-15(16)19(24-25)22(28)31-13(2)20(26)23-14-8-9-17-18(12-14)30-11-10-29-17/h4-9,12-13H,3,10-11H2,1-2H3,(H,23,26). The second kappa shape index (κ2) is 8.47. The number of hydrogen-bond donors (Lipinski definition) is 1. The largest absolute Gasteiger partial charge is 0.486 e. The summed E-state index contributed by atoms with van der Waals surface area (Å²) in [6.07, 6.45) is -1.09. The number of anilines is 1. The van der Waals surface area contributed by atoms with Crippen molar-refractivity contribution in [3.8, 4) is 11.5 Å². The molecule has 0 fully saturated rings. The van der Waals surface area contributed by atoms with Crippen molar-refractivity contribution in [3.63, 3.8) is 0 Å². The van der Waals surface area contributed by atoms with Crippen LogP contribution in [0.1, 0.15) is 24.3 Å². The second-order valence-corrected chi connectivity index (χ2v) is 6.91. The highest BCUT2D eigenvalue weighted by atomic mass is 16.6. The smallest absolute Gasteiger partial charge is 0.360 e. The fraction of sp³-hybridized carbons (Fsp3) is 0.273. The van der Waals surface area contributed by atoms with Gasteiger partial charge in [-0.05, 0) is 32.0 Å². The van der Waals surface area contributed by atoms with Gasteiger partial charge in [-0.2, -0.15) is 5.10 Å². The Balaban J connectivity index is 1.52. The molecular weight excluding hydrogens is 402 g/mol. The van der Waals surface area contributed by atoms with E-state index in [1.807, 2.05) is 0 Å². The highest BCUT2D eigenvalue weighted by Gasteiger charge is 2.23. The van der Waals surface area contributed by atoms with Crippen LogP contribution in [0.3, 0.4) is 0 Å². The number of esters is 1. The molecule has 1 unspecified atom stereocenters. The van der Waals surface area contributed by atoms with Crippen molar-refractivity contribution >= 4 is 28.3 Å². The third kappa shape index (κ3) is 4.07. The monoisotopic (exact) mass is 423 g/mol. The molecule has 0 spiro atoms. The third-order valence-electron chi connectivity index (χ3n) is 4.82. The molecule has 2 heterocycles. The molecule has 1 N–H and O–H groups in total. The number of hydrogen-bond acceptors (Lipinski definition) is 7. The van der Waals surface area contributed by atoms with Crippen LogP contribution in [0.4, 0.5) is 5.69 Å². The van der Waals surface area contributed by atoms with E-state index in [-0.39, 0.29) is 11.3 Å². The summed E-state index contributed by atoms with van der Waals surface area (Å²) in [6, 6.07) is 11.7. The van der Waals surface area contributed by atoms with Crippen molar-refractivity contribution in [1.29, 1.82) is 0 Å². The minimum absolute atomic E-state index is 0.0176. The Bertz CT molecular complexity index is 1220. The van der Waals surface area contributed by atoms with Crippen LogP contribution in [-0.4, -0.2) is 41.0 Å². The SMILES string of the molecule is CCn1nc(C(=O)OC(C)C(=O)Nc2ccc3c(c2)OCCO3)c2ccccc2c1=O. The third-order valence-corrected chi connectivity index (χ3v) is 4.82. The Morgan fingerprint density at radius 3 is 2.58 bits per heavy atom. The lowest BCUT2D eigenvalue weighted by Crippen LogP contribution is -2.32. The predicted octanol–water partition coefficient (Wildman–Crippen LogP) is 2.37. The Morgan fingerprint density at radius 2 is 1.84 bits per heavy atom. The number of benzene rings is 2. The van der Waals surface area contributed by atoms with Crippen molar-refractivity contribution in [2.45, 2.75) is 26.5 Å². The first-order chi connectivity index (χ1) is 15.0. The zero-order chi connectivity index (χ0) is 22.0. The van der Waals surface area contributed by atoms with Gasteiger partial charge < -0.3 is 19.5 Å². The molecular formula is C22H21N3O6. The number of nitrogens with zero attached hydrogens (tertiary/aromatic N) is 2. The molecule has 0 bridgehead atoms. The molecule has 3 aromatic rings. The van der Waals surface area contributed by atoms with Gasteiger partial charge >= 0.3 is 5.97 Å². The number of carbonyl (C=O) groups is 2. The van der Waals surface area contributed by atoms with Crippen LogP contribution in [0.5, 0.6) is 11.5 Å². The van der Waals surface area contributed by atoms with E-state index in [1.165, 1.54) is 11.6 Å². The van der Waals surface area contributed by atoms with Crippen molar-refractivity contribution in [1.82, 2.24) is 9.78 Å². The number of ether oxygens (including phenoxy) is 3. The molecule has 0 radical (unpaired) electrons. The maximum atomic E-state index is 12.8. The Kier molecular flexibility index (Phi) is 5.57. The van der Waals surface area contributed by atoms with Crippen LogP contribution >= 0.6 is 0 Å². The van der Waals surface area contributed by atoms with Crippen molar-refractivity contribution in [2.24, 2.45) is 0 Å². The molecule has 2 aromatic carbocycles. The average molecular weight is 423 g/mol. The summed E-state index contributed by atoms with van der Waals surface area (Å²) in [5, 5.41) is 7.56. The maximum Gasteiger partial charge on any atom is 0.360 e. The topological polar surface area (TPSA) is 109 Å². The van der Waals surface area contributed by atoms with Gasteiger partial charge in [0.1, 0.15) is 13.2 Å². The first kappa shape index (κ1) is 20.4. The average Bonchev–Trinajstić information content (AvgIpc) is 2.79. The summed E-state index contributed by atoms with van der Waals surface area (Å²) in [6.45, 7) is 4.41. The number of aromatic nitrogens is 2. The molecule has 1 aliphatic rings. The van der Waals surface area contributed by atoms with Crippen molar-refractivity contribution < 1.29 is 23.8 Å². The molecule has 1 atom stereocenters. The maximum absolute atomic E-state index is 12.8. The van der Waals surface area contributed by atoms with E-state index >= 15 is 0 Å². The normalized spacial score (nSPS) is 13.5. The van der Waals surface area contributed by atoms with Gasteiger partial charge in [-0.1, -0.05) is 18.2 Å². The lowest BCUT2D eigenvalue weighted by Gasteiger charge is -2.19. The number of rotatable bonds is 5. The first-order valence-electron chi connectivity index (χ1n) is 9.89. The van der Waals surface area contributed by atoms with Crippen LogP contribution in [0.2, 0.25) is 0 Å². The lowest BCUT2D eigenvalue weighted by molar-refractivity contribution is -0.123. The molecule has 160 valence electrons. The minimum atomic E-state index is -1.09. The number of nitrogens with one attached hydrogen (secondary N) is 1. The van der Waals surface area contributed by atoms with Gasteiger partial charge in [0.2, 0.25) is 0 Å². The van der Waals surface area contributed by atoms with Crippen LogP contribution < -0.4 is 20.3 Å². The molecule has 31 heavy (non-hydrogen) atoms. The summed E-state index contributed by atoms with van der Waals surface area (Å²) in [5.74, 6) is -0.166. The highest BCUT2D eigenvalue weighted by molar-refractivity contribution is 6.03. The van der Waals surface area contributed by atoms with Crippen molar-refractivity contribution in [2.75, 3.05) is 18.5 Å². The van der Waals surface area contributed by atoms with Crippen molar-refractivity contribution in [3.05, 3.63) is 58.5 Å². The number of fused-ring (bicyclic) bond motifs is 2. The van der Waals surface area contributed by atoms with Gasteiger partial charge in [-0.15, -0.1) is 0 Å². The molecule has 1 amide bonds. The highest BCUT2D eigenvalue weighted by Crippen LogP contribution is 2.32. The summed E-state index contributed by atoms with van der Waals surface area (Å²) in [4.78, 5) is 37.8. The second-order valence-electron chi connectivity index (χ2n) is 6.91. The summed E-state index contributed by atoms with van der Waals surface area (Å²) in [7, 11) is 0. The van der Waals surface area contributed by atoms with Crippen LogP contribution in [0, 0.1) is 0 Å². The van der Waals surface area contributed by atoms with E-state index in [2.05, 4.69) is 10.4 Å². The molecule has 0 aliphatic carbocycles. The lowest BCUT2D eigenvalue weighted by atomic mass is 10.1. The zero-order valence-corrected chi connectivity index (χ0v) is 17.1. The Hall–Kier alpha value is -3.88. The molecule has 9 heteroatoms.